The van der Waals surface area contributed by atoms with Crippen molar-refractivity contribution in [3.8, 4) is 0 Å². The number of nitrogens with two attached hydrogens (primary N) is 1. The van der Waals surface area contributed by atoms with Crippen molar-refractivity contribution in [1.29, 1.82) is 0 Å². The maximum absolute atomic E-state index is 11.9. The fraction of sp³-hybridized carbons (Fsp3) is 0.455. The topological polar surface area (TPSA) is 75.4 Å². The molecule has 0 saturated heterocycles. The second-order valence-corrected chi connectivity index (χ2v) is 6.04. The summed E-state index contributed by atoms with van der Waals surface area (Å²) in [5, 5.41) is 0. The average Bonchev–Trinajstić information content (AvgIpc) is 2.21. The number of aryl methyl sites for hydroxylation is 1. The molecule has 0 fully saturated rings. The summed E-state index contributed by atoms with van der Waals surface area (Å²) in [5.41, 5.74) is 7.58. The van der Waals surface area contributed by atoms with Crippen molar-refractivity contribution in [1.82, 2.24) is 4.31 Å². The molecule has 0 spiro atoms. The molecule has 3 N–H and O–H groups in total. The molecule has 96 valence electrons. The molecule has 0 unspecified atom stereocenters. The van der Waals surface area contributed by atoms with Crippen molar-refractivity contribution in [2.75, 3.05) is 17.5 Å². The molecule has 0 aliphatic carbocycles. The quantitative estimate of drug-likeness (QED) is 0.804. The van der Waals surface area contributed by atoms with Gasteiger partial charge in [0.2, 0.25) is 0 Å². The Hall–Kier alpha value is -1.27. The highest BCUT2D eigenvalue weighted by atomic mass is 32.2. The van der Waals surface area contributed by atoms with E-state index < -0.39 is 10.2 Å². The number of rotatable bonds is 4. The van der Waals surface area contributed by atoms with Gasteiger partial charge in [-0.3, -0.25) is 4.72 Å². The van der Waals surface area contributed by atoms with Gasteiger partial charge in [-0.1, -0.05) is 6.07 Å². The van der Waals surface area contributed by atoms with Gasteiger partial charge >= 0.3 is 10.2 Å². The highest BCUT2D eigenvalue weighted by molar-refractivity contribution is 7.90. The average molecular weight is 257 g/mol. The molecule has 1 rings (SSSR count). The van der Waals surface area contributed by atoms with E-state index in [2.05, 4.69) is 4.72 Å². The van der Waals surface area contributed by atoms with Gasteiger partial charge in [0.05, 0.1) is 11.4 Å². The third kappa shape index (κ3) is 3.34. The lowest BCUT2D eigenvalue weighted by atomic mass is 10.2. The van der Waals surface area contributed by atoms with Crippen molar-refractivity contribution < 1.29 is 8.42 Å². The zero-order valence-corrected chi connectivity index (χ0v) is 11.4. The van der Waals surface area contributed by atoms with Gasteiger partial charge in [-0.15, -0.1) is 0 Å². The second kappa shape index (κ2) is 4.93. The van der Waals surface area contributed by atoms with E-state index in [1.807, 2.05) is 13.0 Å². The summed E-state index contributed by atoms with van der Waals surface area (Å²) in [6, 6.07) is 5.09. The molecular weight excluding hydrogens is 238 g/mol. The first kappa shape index (κ1) is 13.8. The van der Waals surface area contributed by atoms with Crippen LogP contribution in [0.3, 0.4) is 0 Å². The highest BCUT2D eigenvalue weighted by Gasteiger charge is 2.20. The molecule has 0 bridgehead atoms. The smallest absolute Gasteiger partial charge is 0.301 e. The van der Waals surface area contributed by atoms with Gasteiger partial charge in [0.15, 0.2) is 0 Å². The second-order valence-electron chi connectivity index (χ2n) is 4.31. The number of anilines is 2. The fourth-order valence-electron chi connectivity index (χ4n) is 1.26. The van der Waals surface area contributed by atoms with E-state index in [0.29, 0.717) is 11.4 Å². The Balaban J connectivity index is 2.98. The van der Waals surface area contributed by atoms with Gasteiger partial charge < -0.3 is 5.73 Å². The van der Waals surface area contributed by atoms with Crippen LogP contribution in [-0.4, -0.2) is 25.8 Å². The Kier molecular flexibility index (Phi) is 4.00. The van der Waals surface area contributed by atoms with Gasteiger partial charge in [0.1, 0.15) is 0 Å². The van der Waals surface area contributed by atoms with Gasteiger partial charge in [-0.25, -0.2) is 0 Å². The summed E-state index contributed by atoms with van der Waals surface area (Å²) in [7, 11) is -2.02. The number of nitrogens with one attached hydrogen (secondary N) is 1. The van der Waals surface area contributed by atoms with Gasteiger partial charge in [-0.2, -0.15) is 12.7 Å². The largest absolute Gasteiger partial charge is 0.397 e. The summed E-state index contributed by atoms with van der Waals surface area (Å²) in [6.07, 6.45) is 0. The minimum atomic E-state index is -3.54. The molecule has 1 aromatic rings. The number of nitrogen functional groups attached to an aromatic ring is 1. The van der Waals surface area contributed by atoms with Crippen molar-refractivity contribution in [2.24, 2.45) is 0 Å². The Morgan fingerprint density at radius 1 is 1.35 bits per heavy atom. The Morgan fingerprint density at radius 2 is 1.94 bits per heavy atom. The maximum atomic E-state index is 11.9. The van der Waals surface area contributed by atoms with Crippen LogP contribution in [0.15, 0.2) is 18.2 Å². The molecule has 0 aromatic heterocycles. The molecular formula is C11H19N3O2S. The van der Waals surface area contributed by atoms with Crippen molar-refractivity contribution >= 4 is 21.6 Å². The normalized spacial score (nSPS) is 12.1. The molecule has 0 amide bonds. The first-order valence-electron chi connectivity index (χ1n) is 5.36. The molecule has 0 saturated carbocycles. The Morgan fingerprint density at radius 3 is 2.41 bits per heavy atom. The fourth-order valence-corrected chi connectivity index (χ4v) is 2.43. The monoisotopic (exact) mass is 257 g/mol. The molecule has 6 heteroatoms. The zero-order valence-electron chi connectivity index (χ0n) is 10.6. The van der Waals surface area contributed by atoms with E-state index in [-0.39, 0.29) is 6.04 Å². The lowest BCUT2D eigenvalue weighted by Gasteiger charge is -2.22. The minimum Gasteiger partial charge on any atom is -0.397 e. The van der Waals surface area contributed by atoms with E-state index in [9.17, 15) is 8.42 Å². The van der Waals surface area contributed by atoms with E-state index in [4.69, 9.17) is 5.73 Å². The van der Waals surface area contributed by atoms with Crippen LogP contribution < -0.4 is 10.5 Å². The molecule has 0 aliphatic heterocycles. The van der Waals surface area contributed by atoms with Crippen LogP contribution in [0.2, 0.25) is 0 Å². The molecule has 5 nitrogen and oxygen atoms in total. The molecule has 0 atom stereocenters. The van der Waals surface area contributed by atoms with Crippen LogP contribution in [-0.2, 0) is 10.2 Å². The number of benzene rings is 1. The highest BCUT2D eigenvalue weighted by Crippen LogP contribution is 2.21. The van der Waals surface area contributed by atoms with Gasteiger partial charge in [-0.05, 0) is 38.5 Å². The lowest BCUT2D eigenvalue weighted by molar-refractivity contribution is 0.414. The molecule has 0 aliphatic rings. The molecule has 0 radical (unpaired) electrons. The molecule has 17 heavy (non-hydrogen) atoms. The van der Waals surface area contributed by atoms with Gasteiger partial charge in [0.25, 0.3) is 0 Å². The summed E-state index contributed by atoms with van der Waals surface area (Å²) in [6.45, 7) is 5.50. The van der Waals surface area contributed by atoms with Crippen LogP contribution in [0.4, 0.5) is 11.4 Å². The van der Waals surface area contributed by atoms with E-state index in [1.165, 1.54) is 11.4 Å². The SMILES string of the molecule is Cc1ccc(NS(=O)(=O)N(C)C(C)C)c(N)c1. The lowest BCUT2D eigenvalue weighted by Crippen LogP contribution is -2.37. The summed E-state index contributed by atoms with van der Waals surface area (Å²) < 4.78 is 27.6. The zero-order chi connectivity index (χ0) is 13.2. The number of hydrogen-bond donors (Lipinski definition) is 2. The predicted molar refractivity (Wildman–Crippen MR) is 71.0 cm³/mol. The van der Waals surface area contributed by atoms with Crippen molar-refractivity contribution in [3.05, 3.63) is 23.8 Å². The van der Waals surface area contributed by atoms with E-state index in [0.717, 1.165) is 5.56 Å². The van der Waals surface area contributed by atoms with Crippen LogP contribution >= 0.6 is 0 Å². The number of hydrogen-bond acceptors (Lipinski definition) is 3. The van der Waals surface area contributed by atoms with E-state index >= 15 is 0 Å². The van der Waals surface area contributed by atoms with Crippen LogP contribution in [0.25, 0.3) is 0 Å². The summed E-state index contributed by atoms with van der Waals surface area (Å²) >= 11 is 0. The van der Waals surface area contributed by atoms with Crippen LogP contribution in [0, 0.1) is 6.92 Å². The van der Waals surface area contributed by atoms with E-state index in [1.54, 1.807) is 26.0 Å². The maximum Gasteiger partial charge on any atom is 0.301 e. The third-order valence-electron chi connectivity index (χ3n) is 2.55. The van der Waals surface area contributed by atoms with Crippen molar-refractivity contribution in [3.63, 3.8) is 0 Å². The first-order valence-corrected chi connectivity index (χ1v) is 6.80. The molecule has 0 heterocycles. The van der Waals surface area contributed by atoms with Crippen LogP contribution in [0.5, 0.6) is 0 Å². The Bertz CT molecular complexity index is 497. The Labute approximate surface area is 103 Å². The number of nitrogens with zero attached hydrogens (tertiary/aromatic N) is 1. The summed E-state index contributed by atoms with van der Waals surface area (Å²) in [5.74, 6) is 0. The van der Waals surface area contributed by atoms with Crippen LogP contribution in [0.1, 0.15) is 19.4 Å². The minimum absolute atomic E-state index is 0.112. The first-order chi connectivity index (χ1) is 7.74. The predicted octanol–water partition coefficient (Wildman–Crippen LogP) is 1.57. The summed E-state index contributed by atoms with van der Waals surface area (Å²) in [4.78, 5) is 0. The molecule has 1 aromatic carbocycles. The standard InChI is InChI=1S/C11H19N3O2S/c1-8(2)14(4)17(15,16)13-11-6-5-9(3)7-10(11)12/h5-8,13H,12H2,1-4H3. The third-order valence-corrected chi connectivity index (χ3v) is 4.21. The van der Waals surface area contributed by atoms with Gasteiger partial charge in [0, 0.05) is 13.1 Å². The van der Waals surface area contributed by atoms with Crippen molar-refractivity contribution in [2.45, 2.75) is 26.8 Å².